The molecule has 0 aliphatic carbocycles. The number of aromatic nitrogens is 1. The molecule has 0 fully saturated rings. The fraction of sp³-hybridized carbons (Fsp3) is 0.583. The second kappa shape index (κ2) is 7.76. The minimum absolute atomic E-state index is 0.346. The zero-order valence-corrected chi connectivity index (χ0v) is 11.5. The first-order valence-corrected chi connectivity index (χ1v) is 6.38. The van der Waals surface area contributed by atoms with Crippen molar-refractivity contribution in [2.45, 2.75) is 25.8 Å². The van der Waals surface area contributed by atoms with E-state index in [1.165, 1.54) is 0 Å². The highest BCUT2D eigenvalue weighted by Gasteiger charge is 2.08. The minimum Gasteiger partial charge on any atom is -0.383 e. The molecule has 0 aliphatic rings. The van der Waals surface area contributed by atoms with Crippen LogP contribution < -0.4 is 5.32 Å². The fourth-order valence-corrected chi connectivity index (χ4v) is 1.75. The van der Waals surface area contributed by atoms with E-state index in [1.54, 1.807) is 7.11 Å². The number of hydrogen-bond acceptors (Lipinski definition) is 3. The Morgan fingerprint density at radius 3 is 2.88 bits per heavy atom. The Morgan fingerprint density at radius 2 is 2.31 bits per heavy atom. The number of pyridine rings is 1. The van der Waals surface area contributed by atoms with Crippen LogP contribution >= 0.6 is 15.9 Å². The van der Waals surface area contributed by atoms with E-state index < -0.39 is 0 Å². The van der Waals surface area contributed by atoms with Crippen molar-refractivity contribution in [3.05, 3.63) is 28.5 Å². The van der Waals surface area contributed by atoms with Gasteiger partial charge >= 0.3 is 0 Å². The molecule has 0 bridgehead atoms. The lowest BCUT2D eigenvalue weighted by atomic mass is 10.1. The van der Waals surface area contributed by atoms with Gasteiger partial charge in [-0.25, -0.2) is 0 Å². The van der Waals surface area contributed by atoms with Crippen molar-refractivity contribution in [3.63, 3.8) is 0 Å². The van der Waals surface area contributed by atoms with Gasteiger partial charge in [0.25, 0.3) is 0 Å². The van der Waals surface area contributed by atoms with Gasteiger partial charge in [0.1, 0.15) is 0 Å². The molecule has 0 aliphatic heterocycles. The number of halogens is 1. The molecule has 1 unspecified atom stereocenters. The minimum atomic E-state index is 0.346. The lowest BCUT2D eigenvalue weighted by Gasteiger charge is -2.17. The SMILES string of the molecule is CCCNC(COC)Cc1ccc(Br)cn1. The molecule has 0 saturated carbocycles. The maximum absolute atomic E-state index is 5.20. The van der Waals surface area contributed by atoms with E-state index in [2.05, 4.69) is 33.2 Å². The third-order valence-electron chi connectivity index (χ3n) is 2.30. The lowest BCUT2D eigenvalue weighted by molar-refractivity contribution is 0.165. The van der Waals surface area contributed by atoms with Crippen LogP contribution in [0.1, 0.15) is 19.0 Å². The summed E-state index contributed by atoms with van der Waals surface area (Å²) in [5, 5.41) is 3.46. The molecule has 1 aromatic rings. The van der Waals surface area contributed by atoms with E-state index in [-0.39, 0.29) is 0 Å². The van der Waals surface area contributed by atoms with Gasteiger partial charge in [-0.2, -0.15) is 0 Å². The quantitative estimate of drug-likeness (QED) is 0.836. The van der Waals surface area contributed by atoms with Gasteiger partial charge in [-0.15, -0.1) is 0 Å². The van der Waals surface area contributed by atoms with Gasteiger partial charge < -0.3 is 10.1 Å². The molecule has 1 rings (SSSR count). The van der Waals surface area contributed by atoms with Gasteiger partial charge in [-0.1, -0.05) is 6.92 Å². The molecule has 0 spiro atoms. The lowest BCUT2D eigenvalue weighted by Crippen LogP contribution is -2.35. The maximum Gasteiger partial charge on any atom is 0.0619 e. The molecular formula is C12H19BrN2O. The van der Waals surface area contributed by atoms with Crippen molar-refractivity contribution in [2.75, 3.05) is 20.3 Å². The fourth-order valence-electron chi connectivity index (χ4n) is 1.52. The predicted molar refractivity (Wildman–Crippen MR) is 69.6 cm³/mol. The second-order valence-electron chi connectivity index (χ2n) is 3.78. The Labute approximate surface area is 106 Å². The largest absolute Gasteiger partial charge is 0.383 e. The summed E-state index contributed by atoms with van der Waals surface area (Å²) in [6.07, 6.45) is 3.87. The Hall–Kier alpha value is -0.450. The number of methoxy groups -OCH3 is 1. The molecule has 4 heteroatoms. The summed E-state index contributed by atoms with van der Waals surface area (Å²) in [5.74, 6) is 0. The monoisotopic (exact) mass is 286 g/mol. The smallest absolute Gasteiger partial charge is 0.0619 e. The summed E-state index contributed by atoms with van der Waals surface area (Å²) < 4.78 is 6.21. The van der Waals surface area contributed by atoms with Crippen molar-refractivity contribution in [1.82, 2.24) is 10.3 Å². The van der Waals surface area contributed by atoms with Gasteiger partial charge in [-0.3, -0.25) is 4.98 Å². The van der Waals surface area contributed by atoms with E-state index in [1.807, 2.05) is 18.3 Å². The molecule has 3 nitrogen and oxygen atoms in total. The van der Waals surface area contributed by atoms with Gasteiger partial charge in [-0.05, 0) is 41.0 Å². The Bertz CT molecular complexity index is 290. The summed E-state index contributed by atoms with van der Waals surface area (Å²) >= 11 is 3.38. The summed E-state index contributed by atoms with van der Waals surface area (Å²) in [5.41, 5.74) is 1.09. The molecule has 1 aromatic heterocycles. The van der Waals surface area contributed by atoms with E-state index in [0.29, 0.717) is 6.04 Å². The third-order valence-corrected chi connectivity index (χ3v) is 2.76. The van der Waals surface area contributed by atoms with E-state index in [4.69, 9.17) is 4.74 Å². The third kappa shape index (κ3) is 5.05. The summed E-state index contributed by atoms with van der Waals surface area (Å²) in [7, 11) is 1.73. The van der Waals surface area contributed by atoms with Crippen LogP contribution in [-0.4, -0.2) is 31.3 Å². The topological polar surface area (TPSA) is 34.1 Å². The molecule has 90 valence electrons. The van der Waals surface area contributed by atoms with Crippen LogP contribution in [0.2, 0.25) is 0 Å². The van der Waals surface area contributed by atoms with Gasteiger partial charge in [0.15, 0.2) is 0 Å². The highest BCUT2D eigenvalue weighted by atomic mass is 79.9. The summed E-state index contributed by atoms with van der Waals surface area (Å²) in [6, 6.07) is 4.41. The molecule has 1 atom stereocenters. The molecule has 0 aromatic carbocycles. The molecule has 0 saturated heterocycles. The van der Waals surface area contributed by atoms with Gasteiger partial charge in [0.05, 0.1) is 6.61 Å². The number of nitrogens with one attached hydrogen (secondary N) is 1. The van der Waals surface area contributed by atoms with Gasteiger partial charge in [0.2, 0.25) is 0 Å². The summed E-state index contributed by atoms with van der Waals surface area (Å²) in [6.45, 7) is 3.90. The molecular weight excluding hydrogens is 268 g/mol. The average Bonchev–Trinajstić information content (AvgIpc) is 2.29. The number of ether oxygens (including phenoxy) is 1. The van der Waals surface area contributed by atoms with Crippen LogP contribution in [0.25, 0.3) is 0 Å². The Kier molecular flexibility index (Phi) is 6.61. The van der Waals surface area contributed by atoms with Crippen LogP contribution in [0.4, 0.5) is 0 Å². The van der Waals surface area contributed by atoms with Crippen molar-refractivity contribution in [1.29, 1.82) is 0 Å². The molecule has 1 N–H and O–H groups in total. The van der Waals surface area contributed by atoms with Crippen molar-refractivity contribution in [3.8, 4) is 0 Å². The average molecular weight is 287 g/mol. The highest BCUT2D eigenvalue weighted by Crippen LogP contribution is 2.08. The van der Waals surface area contributed by atoms with Crippen LogP contribution in [0.5, 0.6) is 0 Å². The Balaban J connectivity index is 2.49. The van der Waals surface area contributed by atoms with E-state index >= 15 is 0 Å². The molecule has 0 amide bonds. The molecule has 16 heavy (non-hydrogen) atoms. The van der Waals surface area contributed by atoms with Crippen LogP contribution in [0.15, 0.2) is 22.8 Å². The zero-order valence-electron chi connectivity index (χ0n) is 9.87. The molecule has 1 heterocycles. The number of nitrogens with zero attached hydrogens (tertiary/aromatic N) is 1. The van der Waals surface area contributed by atoms with Gasteiger partial charge in [0, 0.05) is 35.9 Å². The predicted octanol–water partition coefficient (Wildman–Crippen LogP) is 2.40. The second-order valence-corrected chi connectivity index (χ2v) is 4.69. The van der Waals surface area contributed by atoms with Crippen LogP contribution in [0, 0.1) is 0 Å². The highest BCUT2D eigenvalue weighted by molar-refractivity contribution is 9.10. The van der Waals surface area contributed by atoms with Crippen molar-refractivity contribution >= 4 is 15.9 Å². The Morgan fingerprint density at radius 1 is 1.50 bits per heavy atom. The molecule has 0 radical (unpaired) electrons. The van der Waals surface area contributed by atoms with Crippen molar-refractivity contribution in [2.24, 2.45) is 0 Å². The van der Waals surface area contributed by atoms with Crippen LogP contribution in [-0.2, 0) is 11.2 Å². The first kappa shape index (κ1) is 13.6. The van der Waals surface area contributed by atoms with E-state index in [0.717, 1.165) is 36.2 Å². The first-order valence-electron chi connectivity index (χ1n) is 5.59. The maximum atomic E-state index is 5.20. The van der Waals surface area contributed by atoms with Crippen molar-refractivity contribution < 1.29 is 4.74 Å². The summed E-state index contributed by atoms with van der Waals surface area (Å²) in [4.78, 5) is 4.37. The van der Waals surface area contributed by atoms with E-state index in [9.17, 15) is 0 Å². The van der Waals surface area contributed by atoms with Crippen LogP contribution in [0.3, 0.4) is 0 Å². The number of rotatable bonds is 7. The normalized spacial score (nSPS) is 12.7. The first-order chi connectivity index (χ1) is 7.76. The number of hydrogen-bond donors (Lipinski definition) is 1. The zero-order chi connectivity index (χ0) is 11.8. The standard InChI is InChI=1S/C12H19BrN2O/c1-3-6-14-12(9-16-2)7-11-5-4-10(13)8-15-11/h4-5,8,12,14H,3,6-7,9H2,1-2H3.